The topological polar surface area (TPSA) is 85.0 Å². The van der Waals surface area contributed by atoms with E-state index in [1.165, 1.54) is 11.8 Å². The van der Waals surface area contributed by atoms with Crippen LogP contribution in [0, 0.1) is 6.92 Å². The molecule has 0 aliphatic carbocycles. The highest BCUT2D eigenvalue weighted by Gasteiger charge is 2.15. The summed E-state index contributed by atoms with van der Waals surface area (Å²) in [6.45, 7) is 2.01. The first-order chi connectivity index (χ1) is 16.6. The lowest BCUT2D eigenvalue weighted by molar-refractivity contribution is 0.818. The molecular weight excluding hydrogens is 446 g/mol. The van der Waals surface area contributed by atoms with E-state index in [2.05, 4.69) is 9.97 Å². The van der Waals surface area contributed by atoms with Gasteiger partial charge in [0.1, 0.15) is 0 Å². The Hall–Kier alpha value is -4.17. The van der Waals surface area contributed by atoms with Crippen molar-refractivity contribution in [2.45, 2.75) is 17.8 Å². The van der Waals surface area contributed by atoms with Crippen molar-refractivity contribution in [1.29, 1.82) is 0 Å². The van der Waals surface area contributed by atoms with Crippen LogP contribution in [0.15, 0.2) is 93.6 Å². The van der Waals surface area contributed by atoms with Gasteiger partial charge in [-0.3, -0.25) is 14.2 Å². The third-order valence-corrected chi connectivity index (χ3v) is 6.73. The molecule has 3 aromatic heterocycles. The Labute approximate surface area is 197 Å². The Morgan fingerprint density at radius 3 is 2.44 bits per heavy atom. The zero-order valence-electron chi connectivity index (χ0n) is 18.2. The molecule has 8 heteroatoms. The van der Waals surface area contributed by atoms with Gasteiger partial charge in [0.15, 0.2) is 5.16 Å². The maximum absolute atomic E-state index is 13.4. The van der Waals surface area contributed by atoms with Crippen LogP contribution < -0.4 is 11.1 Å². The highest BCUT2D eigenvalue weighted by molar-refractivity contribution is 7.98. The summed E-state index contributed by atoms with van der Waals surface area (Å²) >= 11 is 1.40. The zero-order valence-corrected chi connectivity index (χ0v) is 19.0. The number of aryl methyl sites for hydroxylation is 1. The van der Waals surface area contributed by atoms with Crippen LogP contribution in [0.25, 0.3) is 33.4 Å². The highest BCUT2D eigenvalue weighted by Crippen LogP contribution is 2.24. The average molecular weight is 466 g/mol. The smallest absolute Gasteiger partial charge is 0.266 e. The summed E-state index contributed by atoms with van der Waals surface area (Å²) in [5.41, 5.74) is 4.45. The minimum Gasteiger partial charge on any atom is -0.328 e. The number of benzene rings is 3. The van der Waals surface area contributed by atoms with Gasteiger partial charge < -0.3 is 4.98 Å². The molecule has 34 heavy (non-hydrogen) atoms. The third-order valence-electron chi connectivity index (χ3n) is 5.75. The minimum absolute atomic E-state index is 0.125. The normalized spacial score (nSPS) is 11.6. The van der Waals surface area contributed by atoms with Gasteiger partial charge in [-0.1, -0.05) is 53.7 Å². The molecule has 3 aromatic carbocycles. The fourth-order valence-corrected chi connectivity index (χ4v) is 5.00. The Morgan fingerprint density at radius 2 is 1.62 bits per heavy atom. The summed E-state index contributed by atoms with van der Waals surface area (Å²) in [6.07, 6.45) is 0. The van der Waals surface area contributed by atoms with E-state index in [9.17, 15) is 9.59 Å². The molecule has 0 aliphatic heterocycles. The molecule has 0 fully saturated rings. The summed E-state index contributed by atoms with van der Waals surface area (Å²) < 4.78 is 3.20. The summed E-state index contributed by atoms with van der Waals surface area (Å²) in [7, 11) is 0. The minimum atomic E-state index is -0.152. The third kappa shape index (κ3) is 3.39. The molecule has 6 aromatic rings. The van der Waals surface area contributed by atoms with Crippen molar-refractivity contribution >= 4 is 39.5 Å². The van der Waals surface area contributed by atoms with E-state index in [-0.39, 0.29) is 11.1 Å². The summed E-state index contributed by atoms with van der Waals surface area (Å²) in [5.74, 6) is 0.915. The van der Waals surface area contributed by atoms with E-state index in [1.54, 1.807) is 21.1 Å². The number of aromatic amines is 1. The summed E-state index contributed by atoms with van der Waals surface area (Å²) in [5, 5.41) is 1.12. The quantitative estimate of drug-likeness (QED) is 0.307. The second kappa shape index (κ2) is 8.00. The number of hydrogen-bond acceptors (Lipinski definition) is 5. The number of aromatic nitrogens is 5. The summed E-state index contributed by atoms with van der Waals surface area (Å²) in [4.78, 5) is 38.9. The van der Waals surface area contributed by atoms with Gasteiger partial charge in [-0.15, -0.1) is 0 Å². The molecule has 0 unspecified atom stereocenters. The molecule has 0 bridgehead atoms. The Morgan fingerprint density at radius 1 is 0.882 bits per heavy atom. The largest absolute Gasteiger partial charge is 0.328 e. The van der Waals surface area contributed by atoms with E-state index in [0.29, 0.717) is 33.3 Å². The van der Waals surface area contributed by atoms with Gasteiger partial charge in [-0.2, -0.15) is 0 Å². The molecule has 0 radical (unpaired) electrons. The van der Waals surface area contributed by atoms with E-state index < -0.39 is 0 Å². The predicted molar refractivity (Wildman–Crippen MR) is 135 cm³/mol. The fourth-order valence-electron chi connectivity index (χ4n) is 4.08. The molecule has 0 atom stereocenters. The molecule has 7 nitrogen and oxygen atoms in total. The average Bonchev–Trinajstić information content (AvgIpc) is 3.23. The lowest BCUT2D eigenvalue weighted by atomic mass is 10.2. The van der Waals surface area contributed by atoms with Crippen LogP contribution in [-0.4, -0.2) is 23.9 Å². The number of imidazole rings is 1. The van der Waals surface area contributed by atoms with Crippen molar-refractivity contribution < 1.29 is 0 Å². The number of H-pyrrole nitrogens is 1. The van der Waals surface area contributed by atoms with Gasteiger partial charge in [0.25, 0.3) is 11.1 Å². The molecule has 0 saturated heterocycles. The lowest BCUT2D eigenvalue weighted by Gasteiger charge is -2.13. The number of rotatable bonds is 4. The molecule has 3 heterocycles. The van der Waals surface area contributed by atoms with Crippen LogP contribution in [0.5, 0.6) is 0 Å². The molecule has 0 saturated carbocycles. The number of hydrogen-bond donors (Lipinski definition) is 1. The van der Waals surface area contributed by atoms with Crippen molar-refractivity contribution in [2.75, 3.05) is 0 Å². The molecule has 0 amide bonds. The lowest BCUT2D eigenvalue weighted by Crippen LogP contribution is -2.22. The first-order valence-electron chi connectivity index (χ1n) is 10.8. The van der Waals surface area contributed by atoms with Crippen molar-refractivity contribution in [1.82, 2.24) is 23.9 Å². The van der Waals surface area contributed by atoms with Gasteiger partial charge in [0.05, 0.1) is 27.6 Å². The molecule has 166 valence electrons. The van der Waals surface area contributed by atoms with Crippen LogP contribution in [0.3, 0.4) is 0 Å². The van der Waals surface area contributed by atoms with E-state index in [1.807, 2.05) is 73.7 Å². The van der Waals surface area contributed by atoms with Gasteiger partial charge in [0.2, 0.25) is 5.78 Å². The van der Waals surface area contributed by atoms with Crippen LogP contribution >= 0.6 is 11.8 Å². The van der Waals surface area contributed by atoms with Crippen LogP contribution in [0.2, 0.25) is 0 Å². The van der Waals surface area contributed by atoms with Crippen molar-refractivity contribution in [3.8, 4) is 5.69 Å². The van der Waals surface area contributed by atoms with Gasteiger partial charge >= 0.3 is 0 Å². The first-order valence-corrected chi connectivity index (χ1v) is 11.8. The molecule has 0 aliphatic rings. The number of para-hydroxylation sites is 3. The Kier molecular flexibility index (Phi) is 4.81. The van der Waals surface area contributed by atoms with Crippen molar-refractivity contribution in [3.63, 3.8) is 0 Å². The maximum atomic E-state index is 13.4. The molecular formula is C26H19N5O2S. The van der Waals surface area contributed by atoms with Crippen LogP contribution in [0.4, 0.5) is 0 Å². The number of thioether (sulfide) groups is 1. The van der Waals surface area contributed by atoms with Crippen LogP contribution in [-0.2, 0) is 5.75 Å². The fraction of sp³-hybridized carbons (Fsp3) is 0.0769. The number of nitrogens with one attached hydrogen (secondary N) is 1. The van der Waals surface area contributed by atoms with Gasteiger partial charge in [0, 0.05) is 17.5 Å². The SMILES string of the molecule is Cc1ccc(-n2c(SCc3cc(=O)n4c(nc5ccccc54)[nH]3)nc3ccccc3c2=O)cc1. The summed E-state index contributed by atoms with van der Waals surface area (Å²) in [6, 6.07) is 24.2. The Bertz CT molecular complexity index is 1820. The molecule has 0 spiro atoms. The van der Waals surface area contributed by atoms with Gasteiger partial charge in [-0.05, 0) is 43.3 Å². The second-order valence-corrected chi connectivity index (χ2v) is 9.01. The number of nitrogens with zero attached hydrogens (tertiary/aromatic N) is 4. The predicted octanol–water partition coefficient (Wildman–Crippen LogP) is 4.48. The molecule has 1 N–H and O–H groups in total. The Balaban J connectivity index is 1.44. The second-order valence-electron chi connectivity index (χ2n) is 8.07. The van der Waals surface area contributed by atoms with E-state index in [0.717, 1.165) is 22.3 Å². The maximum Gasteiger partial charge on any atom is 0.266 e. The number of fused-ring (bicyclic) bond motifs is 4. The molecule has 6 rings (SSSR count). The van der Waals surface area contributed by atoms with Gasteiger partial charge in [-0.25, -0.2) is 14.4 Å². The monoisotopic (exact) mass is 465 g/mol. The van der Waals surface area contributed by atoms with Crippen molar-refractivity contribution in [2.24, 2.45) is 0 Å². The zero-order chi connectivity index (χ0) is 23.2. The van der Waals surface area contributed by atoms with E-state index in [4.69, 9.17) is 4.98 Å². The van der Waals surface area contributed by atoms with Crippen LogP contribution in [0.1, 0.15) is 11.3 Å². The van der Waals surface area contributed by atoms with E-state index >= 15 is 0 Å². The first kappa shape index (κ1) is 20.4. The van der Waals surface area contributed by atoms with Crippen molar-refractivity contribution in [3.05, 3.63) is 111 Å². The standard InChI is InChI=1S/C26H19N5O2S/c1-16-10-12-18(13-11-16)30-24(33)19-6-2-3-7-20(19)29-26(30)34-15-17-14-23(32)31-22-9-5-4-8-21(22)28-25(31)27-17/h2-14H,15H2,1H3,(H,27,28). The highest BCUT2D eigenvalue weighted by atomic mass is 32.2.